The summed E-state index contributed by atoms with van der Waals surface area (Å²) in [5.74, 6) is -0.187. The molecular weight excluding hydrogens is 180 g/mol. The molecule has 0 aromatic heterocycles. The maximum atomic E-state index is 10.6. The Morgan fingerprint density at radius 1 is 1.21 bits per heavy atom. The number of hydrogen-bond acceptors (Lipinski definition) is 2. The number of hydrogen-bond donors (Lipinski definition) is 2. The van der Waals surface area contributed by atoms with Crippen molar-refractivity contribution in [3.05, 3.63) is 12.8 Å². The Bertz CT molecular complexity index is 198. The van der Waals surface area contributed by atoms with Gasteiger partial charge in [0.15, 0.2) is 0 Å². The van der Waals surface area contributed by atoms with Crippen LogP contribution in [0.15, 0.2) is 12.8 Å². The summed E-state index contributed by atoms with van der Waals surface area (Å²) < 4.78 is 0. The van der Waals surface area contributed by atoms with E-state index in [1.54, 1.807) is 13.8 Å². The predicted octanol–water partition coefficient (Wildman–Crippen LogP) is 1.03. The van der Waals surface area contributed by atoms with Crippen LogP contribution in [0.5, 0.6) is 0 Å². The van der Waals surface area contributed by atoms with Gasteiger partial charge in [0.05, 0.1) is 0 Å². The van der Waals surface area contributed by atoms with Crippen LogP contribution in [0.4, 0.5) is 0 Å². The third-order valence-electron chi connectivity index (χ3n) is 1.34. The molecule has 3 N–H and O–H groups in total. The van der Waals surface area contributed by atoms with Crippen LogP contribution in [0.2, 0.25) is 0 Å². The first-order chi connectivity index (χ1) is 6.32. The predicted molar refractivity (Wildman–Crippen MR) is 57.2 cm³/mol. The fourth-order valence-electron chi connectivity index (χ4n) is 0.267. The van der Waals surface area contributed by atoms with Crippen molar-refractivity contribution in [2.45, 2.75) is 27.7 Å². The molecule has 0 fully saturated rings. The molecule has 4 nitrogen and oxygen atoms in total. The molecule has 82 valence electrons. The second-order valence-corrected chi connectivity index (χ2v) is 3.42. The minimum atomic E-state index is -0.241. The number of rotatable bonds is 3. The molecule has 0 atom stereocenters. The standard InChI is InChI=1S/C6H11NO.C4H9NO/c1-4-7-6(8)5(2)3;1-3(2)4(5)6/h4-5H,1H2,2-3H3,(H,7,8);3H,1-2H3,(H2,5,6). The van der Waals surface area contributed by atoms with E-state index in [1.165, 1.54) is 6.20 Å². The number of amides is 2. The van der Waals surface area contributed by atoms with Gasteiger partial charge in [-0.2, -0.15) is 0 Å². The van der Waals surface area contributed by atoms with Crippen molar-refractivity contribution in [3.63, 3.8) is 0 Å². The normalized spacial score (nSPS) is 9.00. The molecule has 2 amide bonds. The maximum Gasteiger partial charge on any atom is 0.226 e. The topological polar surface area (TPSA) is 72.2 Å². The van der Waals surface area contributed by atoms with Crippen LogP contribution in [-0.4, -0.2) is 11.8 Å². The number of primary amides is 1. The molecule has 0 radical (unpaired) electrons. The Hall–Kier alpha value is -1.32. The van der Waals surface area contributed by atoms with Gasteiger partial charge in [-0.3, -0.25) is 9.59 Å². The molecule has 0 aliphatic carbocycles. The van der Waals surface area contributed by atoms with Gasteiger partial charge < -0.3 is 11.1 Å². The molecule has 0 heterocycles. The van der Waals surface area contributed by atoms with E-state index in [4.69, 9.17) is 5.73 Å². The highest BCUT2D eigenvalue weighted by atomic mass is 16.2. The van der Waals surface area contributed by atoms with Gasteiger partial charge in [0.1, 0.15) is 0 Å². The van der Waals surface area contributed by atoms with Crippen LogP contribution in [0, 0.1) is 11.8 Å². The third-order valence-corrected chi connectivity index (χ3v) is 1.34. The molecule has 0 saturated carbocycles. The fourth-order valence-corrected chi connectivity index (χ4v) is 0.267. The van der Waals surface area contributed by atoms with Crippen molar-refractivity contribution in [2.75, 3.05) is 0 Å². The van der Waals surface area contributed by atoms with Gasteiger partial charge in [0, 0.05) is 11.8 Å². The summed E-state index contributed by atoms with van der Waals surface area (Å²) in [6, 6.07) is 0. The van der Waals surface area contributed by atoms with Crippen molar-refractivity contribution >= 4 is 11.8 Å². The zero-order valence-corrected chi connectivity index (χ0v) is 9.33. The van der Waals surface area contributed by atoms with Crippen LogP contribution in [0.1, 0.15) is 27.7 Å². The van der Waals surface area contributed by atoms with Gasteiger partial charge >= 0.3 is 0 Å². The van der Waals surface area contributed by atoms with Crippen molar-refractivity contribution in [3.8, 4) is 0 Å². The Morgan fingerprint density at radius 3 is 1.64 bits per heavy atom. The van der Waals surface area contributed by atoms with Gasteiger partial charge in [-0.25, -0.2) is 0 Å². The summed E-state index contributed by atoms with van der Waals surface area (Å²) in [5, 5.41) is 2.47. The van der Waals surface area contributed by atoms with Gasteiger partial charge in [-0.05, 0) is 6.20 Å². The molecule has 0 aromatic rings. The average molecular weight is 200 g/mol. The smallest absolute Gasteiger partial charge is 0.226 e. The van der Waals surface area contributed by atoms with E-state index in [-0.39, 0.29) is 23.7 Å². The van der Waals surface area contributed by atoms with Gasteiger partial charge in [0.2, 0.25) is 11.8 Å². The first-order valence-corrected chi connectivity index (χ1v) is 4.53. The Morgan fingerprint density at radius 2 is 1.57 bits per heavy atom. The second-order valence-electron chi connectivity index (χ2n) is 3.42. The lowest BCUT2D eigenvalue weighted by Gasteiger charge is -1.99. The summed E-state index contributed by atoms with van der Waals surface area (Å²) in [5.41, 5.74) is 4.80. The van der Waals surface area contributed by atoms with E-state index < -0.39 is 0 Å². The van der Waals surface area contributed by atoms with E-state index >= 15 is 0 Å². The molecule has 0 aromatic carbocycles. The largest absolute Gasteiger partial charge is 0.369 e. The van der Waals surface area contributed by atoms with E-state index in [9.17, 15) is 9.59 Å². The molecule has 0 bridgehead atoms. The SMILES string of the molecule is C=CNC(=O)C(C)C.CC(C)C(N)=O. The number of nitrogens with one attached hydrogen (secondary N) is 1. The van der Waals surface area contributed by atoms with Crippen LogP contribution in [0.25, 0.3) is 0 Å². The average Bonchev–Trinajstić information content (AvgIpc) is 2.05. The zero-order valence-electron chi connectivity index (χ0n) is 9.33. The molecule has 4 heteroatoms. The van der Waals surface area contributed by atoms with E-state index in [2.05, 4.69) is 11.9 Å². The van der Waals surface area contributed by atoms with Crippen molar-refractivity contribution in [1.29, 1.82) is 0 Å². The van der Waals surface area contributed by atoms with Crippen LogP contribution in [-0.2, 0) is 9.59 Å². The monoisotopic (exact) mass is 200 g/mol. The molecule has 14 heavy (non-hydrogen) atoms. The first-order valence-electron chi connectivity index (χ1n) is 4.53. The Labute approximate surface area is 85.6 Å². The van der Waals surface area contributed by atoms with E-state index in [1.807, 2.05) is 13.8 Å². The zero-order chi connectivity index (χ0) is 11.7. The minimum Gasteiger partial charge on any atom is -0.369 e. The molecule has 0 spiro atoms. The van der Waals surface area contributed by atoms with E-state index in [0.717, 1.165) is 0 Å². The molecule has 0 unspecified atom stereocenters. The van der Waals surface area contributed by atoms with E-state index in [0.29, 0.717) is 0 Å². The second kappa shape index (κ2) is 8.29. The van der Waals surface area contributed by atoms with Crippen LogP contribution in [0.3, 0.4) is 0 Å². The minimum absolute atomic E-state index is 0.00926. The highest BCUT2D eigenvalue weighted by Crippen LogP contribution is 1.88. The molecule has 0 aliphatic heterocycles. The highest BCUT2D eigenvalue weighted by molar-refractivity contribution is 5.78. The van der Waals surface area contributed by atoms with Crippen molar-refractivity contribution < 1.29 is 9.59 Å². The third kappa shape index (κ3) is 10.7. The van der Waals surface area contributed by atoms with Crippen LogP contribution >= 0.6 is 0 Å². The highest BCUT2D eigenvalue weighted by Gasteiger charge is 2.01. The van der Waals surface area contributed by atoms with Crippen molar-refractivity contribution in [2.24, 2.45) is 17.6 Å². The Balaban J connectivity index is 0. The summed E-state index contributed by atoms with van der Waals surface area (Å²) in [7, 11) is 0. The molecule has 0 aliphatic rings. The lowest BCUT2D eigenvalue weighted by atomic mass is 10.2. The first kappa shape index (κ1) is 15.2. The maximum absolute atomic E-state index is 10.6. The molecular formula is C10H20N2O2. The molecule has 0 saturated heterocycles. The summed E-state index contributed by atoms with van der Waals surface area (Å²) in [4.78, 5) is 20.5. The number of carbonyl (C=O) groups is 2. The van der Waals surface area contributed by atoms with Gasteiger partial charge in [0.25, 0.3) is 0 Å². The summed E-state index contributed by atoms with van der Waals surface area (Å²) >= 11 is 0. The van der Waals surface area contributed by atoms with Crippen LogP contribution < -0.4 is 11.1 Å². The Kier molecular flexibility index (Phi) is 8.98. The van der Waals surface area contributed by atoms with Gasteiger partial charge in [-0.15, -0.1) is 0 Å². The summed E-state index contributed by atoms with van der Waals surface area (Å²) in [6.45, 7) is 10.5. The van der Waals surface area contributed by atoms with Gasteiger partial charge in [-0.1, -0.05) is 34.3 Å². The molecule has 0 rings (SSSR count). The van der Waals surface area contributed by atoms with Crippen molar-refractivity contribution in [1.82, 2.24) is 5.32 Å². The number of nitrogens with two attached hydrogens (primary N) is 1. The summed E-state index contributed by atoms with van der Waals surface area (Å²) in [6.07, 6.45) is 1.39. The lowest BCUT2D eigenvalue weighted by Crippen LogP contribution is -2.21. The quantitative estimate of drug-likeness (QED) is 0.714. The fraction of sp³-hybridized carbons (Fsp3) is 0.600. The number of carbonyl (C=O) groups excluding carboxylic acids is 2. The lowest BCUT2D eigenvalue weighted by molar-refractivity contribution is -0.123.